The van der Waals surface area contributed by atoms with Gasteiger partial charge in [0.05, 0.1) is 19.2 Å². The van der Waals surface area contributed by atoms with Crippen LogP contribution in [-0.4, -0.2) is 26.7 Å². The van der Waals surface area contributed by atoms with Gasteiger partial charge in [0, 0.05) is 5.56 Å². The second-order valence-corrected chi connectivity index (χ2v) is 4.37. The first kappa shape index (κ1) is 15.6. The van der Waals surface area contributed by atoms with E-state index in [2.05, 4.69) is 5.32 Å². The summed E-state index contributed by atoms with van der Waals surface area (Å²) in [5.74, 6) is 0.420. The van der Waals surface area contributed by atoms with E-state index in [0.717, 1.165) is 6.42 Å². The van der Waals surface area contributed by atoms with E-state index in [0.29, 0.717) is 28.6 Å². The van der Waals surface area contributed by atoms with Gasteiger partial charge in [0.25, 0.3) is 0 Å². The Kier molecular flexibility index (Phi) is 5.92. The molecular weight excluding hydrogens is 268 g/mol. The van der Waals surface area contributed by atoms with Gasteiger partial charge in [0.15, 0.2) is 11.5 Å². The monoisotopic (exact) mass is 286 g/mol. The summed E-state index contributed by atoms with van der Waals surface area (Å²) in [7, 11) is 3.01. The number of nitrogens with two attached hydrogens (primary N) is 1. The van der Waals surface area contributed by atoms with Crippen molar-refractivity contribution in [3.63, 3.8) is 0 Å². The largest absolute Gasteiger partial charge is 0.493 e. The molecule has 0 saturated heterocycles. The molecule has 1 rings (SSSR count). The van der Waals surface area contributed by atoms with Crippen LogP contribution >= 0.6 is 11.6 Å². The maximum atomic E-state index is 11.5. The van der Waals surface area contributed by atoms with E-state index in [9.17, 15) is 4.79 Å². The van der Waals surface area contributed by atoms with Crippen molar-refractivity contribution in [2.45, 2.75) is 19.4 Å². The maximum Gasteiger partial charge on any atom is 0.239 e. The molecule has 0 spiro atoms. The van der Waals surface area contributed by atoms with Gasteiger partial charge in [-0.25, -0.2) is 0 Å². The fourth-order valence-corrected chi connectivity index (χ4v) is 2.12. The molecule has 5 nitrogen and oxygen atoms in total. The highest BCUT2D eigenvalue weighted by Crippen LogP contribution is 2.39. The minimum Gasteiger partial charge on any atom is -0.493 e. The van der Waals surface area contributed by atoms with Crippen LogP contribution in [0.15, 0.2) is 12.1 Å². The van der Waals surface area contributed by atoms with Crippen LogP contribution in [0.5, 0.6) is 11.5 Å². The van der Waals surface area contributed by atoms with Gasteiger partial charge in [0.1, 0.15) is 6.04 Å². The second-order valence-electron chi connectivity index (χ2n) is 3.99. The fourth-order valence-electron chi connectivity index (χ4n) is 1.78. The molecule has 106 valence electrons. The Bertz CT molecular complexity index is 452. The summed E-state index contributed by atoms with van der Waals surface area (Å²) in [6, 6.07) is 2.76. The Balaban J connectivity index is 3.20. The summed E-state index contributed by atoms with van der Waals surface area (Å²) in [6.07, 6.45) is 0.884. The number of hydrogen-bond donors (Lipinski definition) is 2. The molecule has 1 aromatic rings. The highest BCUT2D eigenvalue weighted by Gasteiger charge is 2.23. The van der Waals surface area contributed by atoms with Crippen molar-refractivity contribution in [3.05, 3.63) is 22.7 Å². The smallest absolute Gasteiger partial charge is 0.239 e. The lowest BCUT2D eigenvalue weighted by Crippen LogP contribution is -2.34. The highest BCUT2D eigenvalue weighted by atomic mass is 35.5. The lowest BCUT2D eigenvalue weighted by atomic mass is 10.1. The Morgan fingerprint density at radius 3 is 2.58 bits per heavy atom. The summed E-state index contributed by atoms with van der Waals surface area (Å²) in [6.45, 7) is 2.67. The average molecular weight is 287 g/mol. The van der Waals surface area contributed by atoms with Crippen LogP contribution in [0, 0.1) is 0 Å². The lowest BCUT2D eigenvalue weighted by Gasteiger charge is -2.19. The molecular formula is C13H19ClN2O3. The Hall–Kier alpha value is -1.46. The number of nitrogens with one attached hydrogen (secondary N) is 1. The van der Waals surface area contributed by atoms with Crippen LogP contribution in [0.25, 0.3) is 0 Å². The van der Waals surface area contributed by atoms with Crippen molar-refractivity contribution >= 4 is 17.5 Å². The zero-order valence-corrected chi connectivity index (χ0v) is 12.1. The summed E-state index contributed by atoms with van der Waals surface area (Å²) >= 11 is 6.26. The molecule has 0 radical (unpaired) electrons. The topological polar surface area (TPSA) is 73.6 Å². The average Bonchev–Trinajstić information content (AvgIpc) is 2.39. The third-order valence-electron chi connectivity index (χ3n) is 2.71. The number of carbonyl (C=O) groups excluding carboxylic acids is 1. The fraction of sp³-hybridized carbons (Fsp3) is 0.462. The van der Waals surface area contributed by atoms with Crippen molar-refractivity contribution in [3.8, 4) is 11.5 Å². The van der Waals surface area contributed by atoms with E-state index in [1.54, 1.807) is 12.1 Å². The quantitative estimate of drug-likeness (QED) is 0.803. The Labute approximate surface area is 118 Å². The minimum atomic E-state index is -0.646. The lowest BCUT2D eigenvalue weighted by molar-refractivity contribution is -0.120. The van der Waals surface area contributed by atoms with Gasteiger partial charge in [-0.05, 0) is 19.0 Å². The molecule has 0 fully saturated rings. The van der Waals surface area contributed by atoms with E-state index in [4.69, 9.17) is 26.8 Å². The van der Waals surface area contributed by atoms with Crippen LogP contribution < -0.4 is 20.5 Å². The standard InChI is InChI=1S/C13H19ClN2O3/c1-4-7-16-11(13(15)17)8-5-6-9(18-2)12(19-3)10(8)14/h5-6,11,16H,4,7H2,1-3H3,(H2,15,17). The molecule has 0 aliphatic heterocycles. The first-order chi connectivity index (χ1) is 9.06. The number of halogens is 1. The first-order valence-electron chi connectivity index (χ1n) is 5.99. The van der Waals surface area contributed by atoms with E-state index < -0.39 is 11.9 Å². The number of rotatable bonds is 7. The summed E-state index contributed by atoms with van der Waals surface area (Å²) in [5, 5.41) is 3.39. The van der Waals surface area contributed by atoms with E-state index in [1.165, 1.54) is 14.2 Å². The maximum absolute atomic E-state index is 11.5. The van der Waals surface area contributed by atoms with Crippen molar-refractivity contribution in [2.75, 3.05) is 20.8 Å². The number of carbonyl (C=O) groups is 1. The van der Waals surface area contributed by atoms with Gasteiger partial charge in [-0.1, -0.05) is 24.6 Å². The molecule has 0 aromatic heterocycles. The van der Waals surface area contributed by atoms with Crippen molar-refractivity contribution < 1.29 is 14.3 Å². The zero-order chi connectivity index (χ0) is 14.4. The van der Waals surface area contributed by atoms with Crippen molar-refractivity contribution in [1.29, 1.82) is 0 Å². The third-order valence-corrected chi connectivity index (χ3v) is 3.10. The Morgan fingerprint density at radius 2 is 2.11 bits per heavy atom. The Morgan fingerprint density at radius 1 is 1.42 bits per heavy atom. The molecule has 1 aromatic carbocycles. The third kappa shape index (κ3) is 3.52. The minimum absolute atomic E-state index is 0.328. The van der Waals surface area contributed by atoms with Crippen LogP contribution in [0.1, 0.15) is 24.9 Å². The van der Waals surface area contributed by atoms with Gasteiger partial charge >= 0.3 is 0 Å². The SMILES string of the molecule is CCCNC(C(N)=O)c1ccc(OC)c(OC)c1Cl. The summed E-state index contributed by atoms with van der Waals surface area (Å²) < 4.78 is 10.4. The number of primary amides is 1. The van der Waals surface area contributed by atoms with Crippen LogP contribution in [0.2, 0.25) is 5.02 Å². The normalized spacial score (nSPS) is 12.0. The van der Waals surface area contributed by atoms with Gasteiger partial charge in [-0.2, -0.15) is 0 Å². The number of methoxy groups -OCH3 is 2. The van der Waals surface area contributed by atoms with Crippen molar-refractivity contribution in [1.82, 2.24) is 5.32 Å². The molecule has 6 heteroatoms. The second kappa shape index (κ2) is 7.21. The van der Waals surface area contributed by atoms with E-state index in [-0.39, 0.29) is 0 Å². The van der Waals surface area contributed by atoms with Gasteiger partial charge in [0.2, 0.25) is 5.91 Å². The van der Waals surface area contributed by atoms with Gasteiger partial charge in [-0.3, -0.25) is 4.79 Å². The summed E-state index contributed by atoms with van der Waals surface area (Å²) in [4.78, 5) is 11.5. The van der Waals surface area contributed by atoms with Crippen molar-refractivity contribution in [2.24, 2.45) is 5.73 Å². The zero-order valence-electron chi connectivity index (χ0n) is 11.3. The molecule has 19 heavy (non-hydrogen) atoms. The van der Waals surface area contributed by atoms with E-state index >= 15 is 0 Å². The molecule has 0 aliphatic rings. The number of amides is 1. The molecule has 0 heterocycles. The molecule has 0 bridgehead atoms. The van der Waals surface area contributed by atoms with E-state index in [1.807, 2.05) is 6.92 Å². The molecule has 0 aliphatic carbocycles. The number of benzene rings is 1. The molecule has 1 amide bonds. The predicted molar refractivity (Wildman–Crippen MR) is 74.8 cm³/mol. The molecule has 1 atom stereocenters. The molecule has 0 saturated carbocycles. The van der Waals surface area contributed by atoms with Crippen LogP contribution in [0.4, 0.5) is 0 Å². The molecule has 1 unspecified atom stereocenters. The highest BCUT2D eigenvalue weighted by molar-refractivity contribution is 6.33. The van der Waals surface area contributed by atoms with Crippen LogP contribution in [0.3, 0.4) is 0 Å². The number of hydrogen-bond acceptors (Lipinski definition) is 4. The predicted octanol–water partition coefficient (Wildman–Crippen LogP) is 1.88. The first-order valence-corrected chi connectivity index (χ1v) is 6.37. The van der Waals surface area contributed by atoms with Gasteiger partial charge < -0.3 is 20.5 Å². The van der Waals surface area contributed by atoms with Gasteiger partial charge in [-0.15, -0.1) is 0 Å². The summed E-state index contributed by atoms with van der Waals surface area (Å²) in [5.41, 5.74) is 5.99. The molecule has 3 N–H and O–H groups in total. The number of ether oxygens (including phenoxy) is 2. The van der Waals surface area contributed by atoms with Crippen LogP contribution in [-0.2, 0) is 4.79 Å².